The molecular weight excluding hydrogens is 571 g/mol. The van der Waals surface area contributed by atoms with Crippen LogP contribution in [0.25, 0.3) is 0 Å². The van der Waals surface area contributed by atoms with Gasteiger partial charge in [-0.05, 0) is 126 Å². The van der Waals surface area contributed by atoms with Crippen LogP contribution in [0.2, 0.25) is 0 Å². The predicted octanol–water partition coefficient (Wildman–Crippen LogP) is 8.65. The van der Waals surface area contributed by atoms with Crippen LogP contribution in [0.15, 0.2) is 12.1 Å². The van der Waals surface area contributed by atoms with Crippen LogP contribution in [0.1, 0.15) is 141 Å². The molecule has 0 aliphatic carbocycles. The van der Waals surface area contributed by atoms with Gasteiger partial charge in [-0.15, -0.1) is 0 Å². The number of rotatable bonds is 1. The van der Waals surface area contributed by atoms with Crippen molar-refractivity contribution in [2.75, 3.05) is 17.3 Å². The minimum absolute atomic E-state index is 0.0123. The summed E-state index contributed by atoms with van der Waals surface area (Å²) in [5.74, 6) is 0. The first-order chi connectivity index (χ1) is 19.4. The van der Waals surface area contributed by atoms with E-state index in [1.165, 1.54) is 22.4 Å². The van der Waals surface area contributed by atoms with E-state index < -0.39 is 16.2 Å². The maximum Gasteiger partial charge on any atom is 0.357 e. The van der Waals surface area contributed by atoms with Crippen molar-refractivity contribution in [3.05, 3.63) is 28.8 Å². The lowest BCUT2D eigenvalue weighted by Gasteiger charge is -2.50. The van der Waals surface area contributed by atoms with E-state index in [2.05, 4.69) is 180 Å². The zero-order valence-electron chi connectivity index (χ0n) is 33.0. The van der Waals surface area contributed by atoms with E-state index >= 15 is 0 Å². The second kappa shape index (κ2) is 10.1. The lowest BCUT2D eigenvalue weighted by molar-refractivity contribution is 0.111. The quantitative estimate of drug-likeness (QED) is 0.225. The molecule has 0 aromatic heterocycles. The summed E-state index contributed by atoms with van der Waals surface area (Å²) in [6.45, 7) is 54.6. The van der Waals surface area contributed by atoms with Crippen molar-refractivity contribution in [1.82, 2.24) is 18.3 Å². The summed E-state index contributed by atoms with van der Waals surface area (Å²) in [4.78, 5) is 0. The summed E-state index contributed by atoms with van der Waals surface area (Å²) in [6.07, 6.45) is 0. The predicted molar refractivity (Wildman–Crippen MR) is 197 cm³/mol. The fraction of sp³-hybridized carbons (Fsp3) is 0.838. The smallest absolute Gasteiger partial charge is 0.357 e. The first kappa shape index (κ1) is 36.1. The summed E-state index contributed by atoms with van der Waals surface area (Å²) < 4.78 is 15.9. The van der Waals surface area contributed by atoms with Gasteiger partial charge in [0, 0.05) is 53.0 Å². The number of benzene rings is 1. The molecule has 1 aromatic carbocycles. The Morgan fingerprint density at radius 1 is 0.500 bits per heavy atom. The highest BCUT2D eigenvalue weighted by Gasteiger charge is 2.98. The van der Waals surface area contributed by atoms with Gasteiger partial charge in [-0.2, -0.15) is 0 Å². The average molecular weight is 642 g/mol. The highest BCUT2D eigenvalue weighted by Crippen LogP contribution is 2.67. The van der Waals surface area contributed by atoms with Crippen molar-refractivity contribution < 1.29 is 0 Å². The van der Waals surface area contributed by atoms with E-state index in [0.29, 0.717) is 12.1 Å². The van der Waals surface area contributed by atoms with Crippen LogP contribution in [0.3, 0.4) is 0 Å². The Balaban J connectivity index is 2.32. The topological polar surface area (TPSA) is 16.0 Å². The second-order valence-electron chi connectivity index (χ2n) is 20.8. The molecule has 0 amide bonds. The van der Waals surface area contributed by atoms with E-state index in [-0.39, 0.29) is 33.0 Å². The Morgan fingerprint density at radius 3 is 1.02 bits per heavy atom. The van der Waals surface area contributed by atoms with E-state index in [1.807, 2.05) is 0 Å². The van der Waals surface area contributed by atoms with Gasteiger partial charge in [-0.25, -0.2) is 0 Å². The molecule has 252 valence electrons. The van der Waals surface area contributed by atoms with Gasteiger partial charge in [0.1, 0.15) is 0 Å². The normalized spacial score (nSPS) is 30.4. The van der Waals surface area contributed by atoms with Gasteiger partial charge in [-0.1, -0.05) is 59.2 Å². The summed E-state index contributed by atoms with van der Waals surface area (Å²) in [6, 6.07) is 5.85. The fourth-order valence-corrected chi connectivity index (χ4v) is 35.9. The molecule has 1 aromatic rings. The highest BCUT2D eigenvalue weighted by molar-refractivity contribution is 7.59. The van der Waals surface area contributed by atoms with Crippen molar-refractivity contribution in [2.45, 2.75) is 180 Å². The molecule has 0 radical (unpaired) electrons. The molecule has 4 atom stereocenters. The standard InChI is InChI=1S/C37H71N5Si2/c1-26-22-27(2)31(28(3)23-26)42-43(38(34(10,11)12)24-29(32(4,5)6)40(43)36(16,17)18)44(42)39(35(13,14)15)25-30(33(7,8)9)41(44)37(19,20)21/h22-23,29-30H,24-25H2,1-21H3/t29-,30-,43-,44-/m0/s1. The van der Waals surface area contributed by atoms with Crippen LogP contribution in [0.4, 0.5) is 5.69 Å². The lowest BCUT2D eigenvalue weighted by atomic mass is 9.84. The molecule has 3 aliphatic rings. The Bertz CT molecular complexity index is 1170. The van der Waals surface area contributed by atoms with Crippen molar-refractivity contribution in [3.63, 3.8) is 0 Å². The monoisotopic (exact) mass is 642 g/mol. The fourth-order valence-electron chi connectivity index (χ4n) is 9.43. The molecule has 3 fully saturated rings. The van der Waals surface area contributed by atoms with Crippen LogP contribution in [0.5, 0.6) is 0 Å². The maximum absolute atomic E-state index is 3.22. The van der Waals surface area contributed by atoms with Crippen LogP contribution >= 0.6 is 0 Å². The third-order valence-corrected chi connectivity index (χ3v) is 27.7. The number of anilines is 1. The highest BCUT2D eigenvalue weighted by atomic mass is 29.3. The second-order valence-corrected chi connectivity index (χ2v) is 30.7. The average Bonchev–Trinajstić information content (AvgIpc) is 3.07. The third-order valence-electron chi connectivity index (χ3n) is 10.7. The maximum atomic E-state index is 3.22. The first-order valence-corrected chi connectivity index (χ1v) is 22.1. The van der Waals surface area contributed by atoms with Gasteiger partial charge >= 0.3 is 16.2 Å². The zero-order chi connectivity index (χ0) is 34.2. The van der Waals surface area contributed by atoms with Gasteiger partial charge in [0.05, 0.1) is 0 Å². The molecule has 3 heterocycles. The Labute approximate surface area is 276 Å². The Kier molecular flexibility index (Phi) is 8.34. The molecule has 4 rings (SSSR count). The van der Waals surface area contributed by atoms with Crippen molar-refractivity contribution in [3.8, 4) is 0 Å². The van der Waals surface area contributed by atoms with Crippen LogP contribution < -0.4 is 4.23 Å². The van der Waals surface area contributed by atoms with Gasteiger partial charge in [0.25, 0.3) is 0 Å². The lowest BCUT2D eigenvalue weighted by Crippen LogP contribution is -2.75. The molecule has 0 bridgehead atoms. The molecule has 5 nitrogen and oxygen atoms in total. The number of hydrogen-bond donors (Lipinski definition) is 0. The third kappa shape index (κ3) is 5.13. The molecule has 0 unspecified atom stereocenters. The van der Waals surface area contributed by atoms with Crippen molar-refractivity contribution in [2.24, 2.45) is 10.8 Å². The number of fused-ring (bicyclic) bond motifs is 1. The molecule has 0 N–H and O–H groups in total. The van der Waals surface area contributed by atoms with Gasteiger partial charge < -0.3 is 4.23 Å². The summed E-state index contributed by atoms with van der Waals surface area (Å²) in [7, 11) is -5.27. The van der Waals surface area contributed by atoms with Gasteiger partial charge in [0.2, 0.25) is 0 Å². The summed E-state index contributed by atoms with van der Waals surface area (Å²) >= 11 is 0. The largest absolute Gasteiger partial charge is 0.373 e. The molecule has 7 heteroatoms. The number of nitrogens with zero attached hydrogens (tertiary/aromatic N) is 5. The van der Waals surface area contributed by atoms with E-state index in [0.717, 1.165) is 13.1 Å². The first-order valence-electron chi connectivity index (χ1n) is 17.4. The molecule has 3 aliphatic heterocycles. The van der Waals surface area contributed by atoms with E-state index in [4.69, 9.17) is 0 Å². The van der Waals surface area contributed by atoms with Gasteiger partial charge in [-0.3, -0.25) is 18.3 Å². The minimum atomic E-state index is -2.64. The van der Waals surface area contributed by atoms with Crippen LogP contribution in [0, 0.1) is 31.6 Å². The summed E-state index contributed by atoms with van der Waals surface area (Å²) in [5, 5.41) is 0. The molecular formula is C37H71N5Si2. The Morgan fingerprint density at radius 2 is 0.795 bits per heavy atom. The van der Waals surface area contributed by atoms with Crippen molar-refractivity contribution in [1.29, 1.82) is 0 Å². The Hall–Kier alpha value is -0.706. The van der Waals surface area contributed by atoms with E-state index in [1.54, 1.807) is 0 Å². The number of hydrogen-bond acceptors (Lipinski definition) is 5. The molecule has 3 saturated heterocycles. The van der Waals surface area contributed by atoms with Crippen molar-refractivity contribution >= 4 is 21.8 Å². The SMILES string of the molecule is Cc1cc(C)c(N2[Si@@]3(N(C(C)(C)C)C[C@@H](C(C)(C)C)N3C(C)(C)C)[Si@]23N(C(C)(C)C)C[C@@H](C(C)(C)C)N3C(C)(C)C)c(C)c1. The summed E-state index contributed by atoms with van der Waals surface area (Å²) in [5.41, 5.74) is 6.18. The number of aryl methyl sites for hydroxylation is 3. The molecule has 2 spiro atoms. The van der Waals surface area contributed by atoms with Crippen LogP contribution in [-0.2, 0) is 0 Å². The van der Waals surface area contributed by atoms with E-state index in [9.17, 15) is 0 Å². The minimum Gasteiger partial charge on any atom is -0.373 e. The molecule has 0 saturated carbocycles. The zero-order valence-corrected chi connectivity index (χ0v) is 35.0. The van der Waals surface area contributed by atoms with Gasteiger partial charge in [0.15, 0.2) is 0 Å². The van der Waals surface area contributed by atoms with Crippen LogP contribution in [-0.4, -0.2) is 81.7 Å². The molecule has 44 heavy (non-hydrogen) atoms.